The van der Waals surface area contributed by atoms with E-state index in [4.69, 9.17) is 9.47 Å². The molecule has 1 amide bonds. The molecule has 0 bridgehead atoms. The van der Waals surface area contributed by atoms with Gasteiger partial charge in [-0.3, -0.25) is 9.59 Å². The molecule has 0 atom stereocenters. The van der Waals surface area contributed by atoms with Crippen LogP contribution in [0.2, 0.25) is 0 Å². The topological polar surface area (TPSA) is 93.3 Å². The Morgan fingerprint density at radius 2 is 2.00 bits per heavy atom. The smallest absolute Gasteiger partial charge is 0.251 e. The first kappa shape index (κ1) is 21.8. The average molecular weight is 419 g/mol. The number of aromatic amines is 1. The van der Waals surface area contributed by atoms with Gasteiger partial charge in [0.2, 0.25) is 5.91 Å². The van der Waals surface area contributed by atoms with E-state index in [2.05, 4.69) is 15.3 Å². The Hall–Kier alpha value is -3.87. The van der Waals surface area contributed by atoms with Crippen molar-refractivity contribution in [1.29, 1.82) is 0 Å². The standard InChI is InChI=1S/C24H25N3O4/c1-4-12-31-20-10-8-17(14-21(20)30-3)9-11-22(28)26-19-7-5-6-18(15-19)24-25-16(2)13-23(29)27-24/h5-11,13-15H,4,12H2,1-3H3,(H,26,28)(H,25,27,29)/b11-9+. The SMILES string of the molecule is CCCOc1ccc(/C=C/C(=O)Nc2cccc(-c3nc(C)cc(=O)[nH]3)c2)cc1OC. The lowest BCUT2D eigenvalue weighted by Crippen LogP contribution is -2.10. The van der Waals surface area contributed by atoms with Gasteiger partial charge < -0.3 is 19.8 Å². The molecule has 0 aliphatic heterocycles. The number of hydrogen-bond donors (Lipinski definition) is 2. The van der Waals surface area contributed by atoms with Crippen molar-refractivity contribution < 1.29 is 14.3 Å². The number of benzene rings is 2. The molecule has 3 aromatic rings. The molecule has 160 valence electrons. The van der Waals surface area contributed by atoms with Crippen LogP contribution < -0.4 is 20.3 Å². The second kappa shape index (κ2) is 10.2. The summed E-state index contributed by atoms with van der Waals surface area (Å²) in [5, 5.41) is 2.82. The van der Waals surface area contributed by atoms with Crippen LogP contribution in [0, 0.1) is 6.92 Å². The molecule has 0 saturated heterocycles. The molecule has 0 unspecified atom stereocenters. The summed E-state index contributed by atoms with van der Waals surface area (Å²) >= 11 is 0. The second-order valence-corrected chi connectivity index (χ2v) is 6.90. The Kier molecular flexibility index (Phi) is 7.22. The average Bonchev–Trinajstić information content (AvgIpc) is 2.76. The molecule has 0 radical (unpaired) electrons. The van der Waals surface area contributed by atoms with Gasteiger partial charge in [0, 0.05) is 29.1 Å². The van der Waals surface area contributed by atoms with E-state index in [9.17, 15) is 9.59 Å². The van der Waals surface area contributed by atoms with E-state index >= 15 is 0 Å². The monoisotopic (exact) mass is 419 g/mol. The van der Waals surface area contributed by atoms with Crippen LogP contribution in [-0.2, 0) is 4.79 Å². The normalized spacial score (nSPS) is 10.8. The predicted octanol–water partition coefficient (Wildman–Crippen LogP) is 4.19. The van der Waals surface area contributed by atoms with E-state index in [1.54, 1.807) is 38.3 Å². The van der Waals surface area contributed by atoms with Gasteiger partial charge in [0.05, 0.1) is 13.7 Å². The zero-order chi connectivity index (χ0) is 22.2. The van der Waals surface area contributed by atoms with Crippen LogP contribution in [0.25, 0.3) is 17.5 Å². The van der Waals surface area contributed by atoms with Crippen LogP contribution >= 0.6 is 0 Å². The maximum Gasteiger partial charge on any atom is 0.251 e. The lowest BCUT2D eigenvalue weighted by molar-refractivity contribution is -0.111. The first-order valence-corrected chi connectivity index (χ1v) is 9.97. The highest BCUT2D eigenvalue weighted by Crippen LogP contribution is 2.28. The van der Waals surface area contributed by atoms with Crippen molar-refractivity contribution in [2.75, 3.05) is 19.0 Å². The summed E-state index contributed by atoms with van der Waals surface area (Å²) in [5.74, 6) is 1.45. The number of methoxy groups -OCH3 is 1. The number of H-pyrrole nitrogens is 1. The minimum absolute atomic E-state index is 0.221. The third-order valence-electron chi connectivity index (χ3n) is 4.35. The number of nitrogens with zero attached hydrogens (tertiary/aromatic N) is 1. The van der Waals surface area contributed by atoms with Crippen molar-refractivity contribution in [3.8, 4) is 22.9 Å². The molecule has 1 aromatic heterocycles. The molecule has 7 heteroatoms. The van der Waals surface area contributed by atoms with E-state index in [1.165, 1.54) is 12.1 Å². The molecule has 3 rings (SSSR count). The summed E-state index contributed by atoms with van der Waals surface area (Å²) in [6.07, 6.45) is 4.05. The van der Waals surface area contributed by atoms with E-state index < -0.39 is 0 Å². The Bertz CT molecular complexity index is 1150. The molecular formula is C24H25N3O4. The number of ether oxygens (including phenoxy) is 2. The Morgan fingerprint density at radius 3 is 2.74 bits per heavy atom. The highest BCUT2D eigenvalue weighted by Gasteiger charge is 2.06. The Labute approximate surface area is 180 Å². The van der Waals surface area contributed by atoms with E-state index in [0.717, 1.165) is 12.0 Å². The number of aromatic nitrogens is 2. The summed E-state index contributed by atoms with van der Waals surface area (Å²) in [4.78, 5) is 31.1. The number of anilines is 1. The maximum atomic E-state index is 12.4. The minimum atomic E-state index is -0.284. The van der Waals surface area contributed by atoms with Gasteiger partial charge in [0.1, 0.15) is 5.82 Å². The van der Waals surface area contributed by atoms with Crippen molar-refractivity contribution >= 4 is 17.7 Å². The van der Waals surface area contributed by atoms with Gasteiger partial charge in [-0.15, -0.1) is 0 Å². The summed E-state index contributed by atoms with van der Waals surface area (Å²) < 4.78 is 11.0. The lowest BCUT2D eigenvalue weighted by atomic mass is 10.1. The van der Waals surface area contributed by atoms with Crippen molar-refractivity contribution in [2.24, 2.45) is 0 Å². The number of carbonyl (C=O) groups excluding carboxylic acids is 1. The number of hydrogen-bond acceptors (Lipinski definition) is 5. The van der Waals surface area contributed by atoms with Gasteiger partial charge in [-0.2, -0.15) is 0 Å². The van der Waals surface area contributed by atoms with Crippen molar-refractivity contribution in [2.45, 2.75) is 20.3 Å². The first-order valence-electron chi connectivity index (χ1n) is 9.97. The van der Waals surface area contributed by atoms with Crippen molar-refractivity contribution in [3.05, 3.63) is 76.2 Å². The fraction of sp³-hybridized carbons (Fsp3) is 0.208. The third-order valence-corrected chi connectivity index (χ3v) is 4.35. The molecule has 2 aromatic carbocycles. The van der Waals surface area contributed by atoms with Crippen molar-refractivity contribution in [1.82, 2.24) is 9.97 Å². The molecule has 0 saturated carbocycles. The lowest BCUT2D eigenvalue weighted by Gasteiger charge is -2.10. The van der Waals surface area contributed by atoms with Crippen LogP contribution in [-0.4, -0.2) is 29.6 Å². The number of amides is 1. The first-order chi connectivity index (χ1) is 15.0. The number of carbonyl (C=O) groups is 1. The Morgan fingerprint density at radius 1 is 1.16 bits per heavy atom. The minimum Gasteiger partial charge on any atom is -0.493 e. The molecule has 0 aliphatic carbocycles. The molecule has 0 aliphatic rings. The van der Waals surface area contributed by atoms with Crippen LogP contribution in [0.3, 0.4) is 0 Å². The van der Waals surface area contributed by atoms with Crippen molar-refractivity contribution in [3.63, 3.8) is 0 Å². The highest BCUT2D eigenvalue weighted by atomic mass is 16.5. The fourth-order valence-electron chi connectivity index (χ4n) is 2.93. The second-order valence-electron chi connectivity index (χ2n) is 6.90. The van der Waals surface area contributed by atoms with E-state index in [-0.39, 0.29) is 11.5 Å². The molecule has 0 spiro atoms. The summed E-state index contributed by atoms with van der Waals surface area (Å²) in [7, 11) is 1.58. The van der Waals surface area contributed by atoms with E-state index in [1.807, 2.05) is 31.2 Å². The molecule has 31 heavy (non-hydrogen) atoms. The molecule has 7 nitrogen and oxygen atoms in total. The molecular weight excluding hydrogens is 394 g/mol. The highest BCUT2D eigenvalue weighted by molar-refractivity contribution is 6.02. The Balaban J connectivity index is 1.71. The zero-order valence-corrected chi connectivity index (χ0v) is 17.8. The largest absolute Gasteiger partial charge is 0.493 e. The van der Waals surface area contributed by atoms with E-state index in [0.29, 0.717) is 40.9 Å². The quantitative estimate of drug-likeness (QED) is 0.534. The van der Waals surface area contributed by atoms with Gasteiger partial charge in [-0.1, -0.05) is 25.1 Å². The maximum absolute atomic E-state index is 12.4. The molecule has 0 fully saturated rings. The predicted molar refractivity (Wildman–Crippen MR) is 121 cm³/mol. The summed E-state index contributed by atoms with van der Waals surface area (Å²) in [5.41, 5.74) is 2.51. The summed E-state index contributed by atoms with van der Waals surface area (Å²) in [6.45, 7) is 4.40. The van der Waals surface area contributed by atoms with Crippen LogP contribution in [0.1, 0.15) is 24.6 Å². The van der Waals surface area contributed by atoms with Crippen LogP contribution in [0.5, 0.6) is 11.5 Å². The van der Waals surface area contributed by atoms with Crippen LogP contribution in [0.15, 0.2) is 59.4 Å². The van der Waals surface area contributed by atoms with Gasteiger partial charge in [-0.25, -0.2) is 4.98 Å². The summed E-state index contributed by atoms with van der Waals surface area (Å²) in [6, 6.07) is 14.1. The van der Waals surface area contributed by atoms with Gasteiger partial charge in [0.15, 0.2) is 11.5 Å². The number of rotatable bonds is 8. The van der Waals surface area contributed by atoms with Gasteiger partial charge >= 0.3 is 0 Å². The molecule has 2 N–H and O–H groups in total. The van der Waals surface area contributed by atoms with Gasteiger partial charge in [-0.05, 0) is 49.2 Å². The molecule has 1 heterocycles. The fourth-order valence-corrected chi connectivity index (χ4v) is 2.93. The number of nitrogens with one attached hydrogen (secondary N) is 2. The van der Waals surface area contributed by atoms with Gasteiger partial charge in [0.25, 0.3) is 5.56 Å². The van der Waals surface area contributed by atoms with Crippen LogP contribution in [0.4, 0.5) is 5.69 Å². The number of aryl methyl sites for hydroxylation is 1. The zero-order valence-electron chi connectivity index (χ0n) is 17.8. The third kappa shape index (κ3) is 6.05.